The molecule has 1 heterocycles. The maximum absolute atomic E-state index is 13.3. The minimum Gasteiger partial charge on any atom is -0.393 e. The molecule has 1 saturated heterocycles. The van der Waals surface area contributed by atoms with Crippen LogP contribution < -0.4 is 0 Å². The van der Waals surface area contributed by atoms with Crippen LogP contribution in [0.5, 0.6) is 0 Å². The lowest BCUT2D eigenvalue weighted by atomic mass is 9.43. The standard InChI is InChI=1S/C35H52ClNO4/c1-22(4-11-31(40)37-18-16-35(41,17-19-37)23-5-7-25(36)8-6-23)27-9-10-28-32-29(13-15-34(27,28)3)33(2)14-12-26(38)20-24(33)21-30(32)39/h5-8,22,24,26-30,32,38-39,41H,4,9-21H2,1-3H3/t22-,24-,26-,27+,28-,29-,30+,32+,33+,34-/m1/s1. The lowest BCUT2D eigenvalue weighted by Gasteiger charge is -2.62. The summed E-state index contributed by atoms with van der Waals surface area (Å²) in [5, 5.41) is 33.8. The highest BCUT2D eigenvalue weighted by molar-refractivity contribution is 6.30. The highest BCUT2D eigenvalue weighted by Gasteiger charge is 2.62. The molecule has 0 spiro atoms. The van der Waals surface area contributed by atoms with Gasteiger partial charge in [-0.25, -0.2) is 0 Å². The Labute approximate surface area is 252 Å². The number of hydrogen-bond acceptors (Lipinski definition) is 4. The fourth-order valence-electron chi connectivity index (χ4n) is 11.1. The van der Waals surface area contributed by atoms with E-state index in [4.69, 9.17) is 11.6 Å². The van der Waals surface area contributed by atoms with Gasteiger partial charge in [-0.15, -0.1) is 0 Å². The molecule has 1 amide bonds. The fraction of sp³-hybridized carbons (Fsp3) is 0.800. The monoisotopic (exact) mass is 585 g/mol. The van der Waals surface area contributed by atoms with Gasteiger partial charge >= 0.3 is 0 Å². The maximum atomic E-state index is 13.3. The molecule has 228 valence electrons. The first-order chi connectivity index (χ1) is 19.4. The van der Waals surface area contributed by atoms with Gasteiger partial charge in [-0.05, 0) is 135 Å². The number of fused-ring (bicyclic) bond motifs is 5. The third kappa shape index (κ3) is 5.19. The van der Waals surface area contributed by atoms with Gasteiger partial charge in [0.2, 0.25) is 5.91 Å². The van der Waals surface area contributed by atoms with Gasteiger partial charge in [-0.1, -0.05) is 44.5 Å². The summed E-state index contributed by atoms with van der Waals surface area (Å²) in [5.41, 5.74) is 0.492. The van der Waals surface area contributed by atoms with Crippen molar-refractivity contribution < 1.29 is 20.1 Å². The van der Waals surface area contributed by atoms with Crippen molar-refractivity contribution in [2.24, 2.45) is 46.3 Å². The zero-order chi connectivity index (χ0) is 29.2. The number of halogens is 1. The highest BCUT2D eigenvalue weighted by atomic mass is 35.5. The summed E-state index contributed by atoms with van der Waals surface area (Å²) in [6.45, 7) is 8.54. The third-order valence-corrected chi connectivity index (χ3v) is 13.8. The number of carbonyl (C=O) groups excluding carboxylic acids is 1. The van der Waals surface area contributed by atoms with Gasteiger partial charge < -0.3 is 20.2 Å². The number of carbonyl (C=O) groups is 1. The van der Waals surface area contributed by atoms with Crippen molar-refractivity contribution in [2.45, 2.75) is 116 Å². The van der Waals surface area contributed by atoms with E-state index in [0.29, 0.717) is 72.9 Å². The smallest absolute Gasteiger partial charge is 0.222 e. The molecule has 3 N–H and O–H groups in total. The molecule has 1 aliphatic heterocycles. The highest BCUT2D eigenvalue weighted by Crippen LogP contribution is 2.68. The van der Waals surface area contributed by atoms with Gasteiger partial charge in [0.1, 0.15) is 0 Å². The summed E-state index contributed by atoms with van der Waals surface area (Å²) in [6.07, 6.45) is 10.8. The zero-order valence-electron chi connectivity index (χ0n) is 25.4. The van der Waals surface area contributed by atoms with Crippen LogP contribution in [0.4, 0.5) is 0 Å². The van der Waals surface area contributed by atoms with E-state index >= 15 is 0 Å². The average Bonchev–Trinajstić information content (AvgIpc) is 3.30. The molecule has 0 radical (unpaired) electrons. The van der Waals surface area contributed by atoms with Crippen LogP contribution in [0, 0.1) is 46.3 Å². The van der Waals surface area contributed by atoms with Gasteiger partial charge in [-0.2, -0.15) is 0 Å². The van der Waals surface area contributed by atoms with Crippen LogP contribution in [0.25, 0.3) is 0 Å². The predicted octanol–water partition coefficient (Wildman–Crippen LogP) is 6.56. The van der Waals surface area contributed by atoms with Crippen LogP contribution in [-0.4, -0.2) is 51.4 Å². The van der Waals surface area contributed by atoms with E-state index in [1.807, 2.05) is 29.2 Å². The minimum atomic E-state index is -0.890. The summed E-state index contributed by atoms with van der Waals surface area (Å²) >= 11 is 6.03. The quantitative estimate of drug-likeness (QED) is 0.366. The van der Waals surface area contributed by atoms with Crippen molar-refractivity contribution in [2.75, 3.05) is 13.1 Å². The maximum Gasteiger partial charge on any atom is 0.222 e. The number of aliphatic hydroxyl groups is 3. The SMILES string of the molecule is C[C@H](CCC(=O)N1CCC(O)(c2ccc(Cl)cc2)CC1)[C@@H]1CC[C@@H]2[C@H]3[C@@H](CC[C@@]21C)[C@@]1(C)CC[C@@H](O)C[C@@H]1C[C@@H]3O. The summed E-state index contributed by atoms with van der Waals surface area (Å²) in [5.74, 6) is 3.28. The lowest BCUT2D eigenvalue weighted by Crippen LogP contribution is -2.58. The van der Waals surface area contributed by atoms with Crippen LogP contribution >= 0.6 is 11.6 Å². The van der Waals surface area contributed by atoms with Gasteiger partial charge in [0.15, 0.2) is 0 Å². The van der Waals surface area contributed by atoms with E-state index in [9.17, 15) is 20.1 Å². The largest absolute Gasteiger partial charge is 0.393 e. The normalized spacial score (nSPS) is 42.6. The van der Waals surface area contributed by atoms with Crippen molar-refractivity contribution in [1.82, 2.24) is 4.90 Å². The number of piperidine rings is 1. The zero-order valence-corrected chi connectivity index (χ0v) is 26.2. The molecule has 0 aromatic heterocycles. The van der Waals surface area contributed by atoms with Crippen LogP contribution in [0.15, 0.2) is 24.3 Å². The summed E-state index contributed by atoms with van der Waals surface area (Å²) in [7, 11) is 0. The van der Waals surface area contributed by atoms with Crippen molar-refractivity contribution in [3.8, 4) is 0 Å². The van der Waals surface area contributed by atoms with E-state index in [-0.39, 0.29) is 28.9 Å². The first-order valence-corrected chi connectivity index (χ1v) is 16.9. The molecule has 0 bridgehead atoms. The lowest BCUT2D eigenvalue weighted by molar-refractivity contribution is -0.174. The van der Waals surface area contributed by atoms with Gasteiger partial charge in [0.05, 0.1) is 17.8 Å². The minimum absolute atomic E-state index is 0.190. The fourth-order valence-corrected chi connectivity index (χ4v) is 11.2. The number of hydrogen-bond donors (Lipinski definition) is 3. The Balaban J connectivity index is 1.05. The Morgan fingerprint density at radius 2 is 1.61 bits per heavy atom. The second-order valence-electron chi connectivity index (χ2n) is 15.4. The molecule has 0 unspecified atom stereocenters. The molecule has 6 heteroatoms. The topological polar surface area (TPSA) is 81.0 Å². The molecule has 6 rings (SSSR count). The molecule has 1 aromatic carbocycles. The van der Waals surface area contributed by atoms with Gasteiger partial charge in [0.25, 0.3) is 0 Å². The average molecular weight is 586 g/mol. The third-order valence-electron chi connectivity index (χ3n) is 13.6. The number of benzene rings is 1. The Hall–Kier alpha value is -1.14. The number of rotatable bonds is 5. The van der Waals surface area contributed by atoms with Crippen molar-refractivity contribution in [3.63, 3.8) is 0 Å². The van der Waals surface area contributed by atoms with Crippen LogP contribution in [0.2, 0.25) is 5.02 Å². The molecule has 5 fully saturated rings. The Morgan fingerprint density at radius 3 is 2.32 bits per heavy atom. The number of likely N-dealkylation sites (tertiary alicyclic amines) is 1. The van der Waals surface area contributed by atoms with Crippen LogP contribution in [0.1, 0.15) is 103 Å². The van der Waals surface area contributed by atoms with E-state index in [1.54, 1.807) is 0 Å². The molecule has 41 heavy (non-hydrogen) atoms. The molecule has 4 aliphatic carbocycles. The van der Waals surface area contributed by atoms with E-state index < -0.39 is 5.60 Å². The molecule has 10 atom stereocenters. The van der Waals surface area contributed by atoms with Gasteiger partial charge in [0, 0.05) is 24.5 Å². The Morgan fingerprint density at radius 1 is 0.951 bits per heavy atom. The second kappa shape index (κ2) is 11.1. The van der Waals surface area contributed by atoms with E-state index in [2.05, 4.69) is 20.8 Å². The van der Waals surface area contributed by atoms with Crippen LogP contribution in [0.3, 0.4) is 0 Å². The van der Waals surface area contributed by atoms with E-state index in [1.165, 1.54) is 25.7 Å². The summed E-state index contributed by atoms with van der Waals surface area (Å²) < 4.78 is 0. The van der Waals surface area contributed by atoms with Crippen molar-refractivity contribution in [3.05, 3.63) is 34.9 Å². The second-order valence-corrected chi connectivity index (χ2v) is 15.8. The molecule has 5 aliphatic rings. The van der Waals surface area contributed by atoms with E-state index in [0.717, 1.165) is 37.7 Å². The summed E-state index contributed by atoms with van der Waals surface area (Å²) in [4.78, 5) is 15.2. The molecular weight excluding hydrogens is 534 g/mol. The van der Waals surface area contributed by atoms with Crippen molar-refractivity contribution >= 4 is 17.5 Å². The number of amides is 1. The number of aliphatic hydroxyl groups excluding tert-OH is 2. The molecule has 4 saturated carbocycles. The van der Waals surface area contributed by atoms with Gasteiger partial charge in [-0.3, -0.25) is 4.79 Å². The van der Waals surface area contributed by atoms with Crippen molar-refractivity contribution in [1.29, 1.82) is 0 Å². The molecular formula is C35H52ClNO4. The Kier molecular flexibility index (Phi) is 8.09. The Bertz CT molecular complexity index is 1100. The predicted molar refractivity (Wildman–Crippen MR) is 162 cm³/mol. The first-order valence-electron chi connectivity index (χ1n) is 16.6. The van der Waals surface area contributed by atoms with Crippen LogP contribution in [-0.2, 0) is 10.4 Å². The molecule has 5 nitrogen and oxygen atoms in total. The summed E-state index contributed by atoms with van der Waals surface area (Å²) in [6, 6.07) is 7.44. The molecule has 1 aromatic rings. The number of nitrogens with zero attached hydrogens (tertiary/aromatic N) is 1. The first kappa shape index (κ1) is 29.9.